The minimum Gasteiger partial charge on any atom is -0.481 e. The van der Waals surface area contributed by atoms with Crippen LogP contribution in [0.25, 0.3) is 0 Å². The molecule has 0 saturated heterocycles. The standard InChI is InChI=1S/C18H24N2O4S/c1-25-10-7-14(16(22)19-12-18(8-9-18)17(23)24)20-15(21)11-13-5-3-2-4-6-13/h2-6,14H,7-12H2,1H3,(H,19,22)(H,20,21)(H,23,24). The molecule has 0 spiro atoms. The summed E-state index contributed by atoms with van der Waals surface area (Å²) in [5.41, 5.74) is 0.0696. The van der Waals surface area contributed by atoms with Crippen LogP contribution >= 0.6 is 11.8 Å². The van der Waals surface area contributed by atoms with Crippen LogP contribution in [-0.4, -0.2) is 47.5 Å². The number of amides is 2. The Bertz CT molecular complexity index is 617. The van der Waals surface area contributed by atoms with Gasteiger partial charge in [-0.1, -0.05) is 30.3 Å². The number of nitrogens with one attached hydrogen (secondary N) is 2. The highest BCUT2D eigenvalue weighted by atomic mass is 32.2. The summed E-state index contributed by atoms with van der Waals surface area (Å²) in [5, 5.41) is 14.7. The van der Waals surface area contributed by atoms with Crippen molar-refractivity contribution in [3.8, 4) is 0 Å². The number of carbonyl (C=O) groups is 3. The molecule has 1 saturated carbocycles. The zero-order valence-electron chi connectivity index (χ0n) is 14.3. The van der Waals surface area contributed by atoms with Crippen LogP contribution in [0, 0.1) is 5.41 Å². The van der Waals surface area contributed by atoms with Gasteiger partial charge in [0.2, 0.25) is 11.8 Å². The van der Waals surface area contributed by atoms with E-state index in [-0.39, 0.29) is 24.8 Å². The molecule has 3 N–H and O–H groups in total. The number of hydrogen-bond acceptors (Lipinski definition) is 4. The molecule has 2 rings (SSSR count). The summed E-state index contributed by atoms with van der Waals surface area (Å²) < 4.78 is 0. The number of aliphatic carboxylic acids is 1. The lowest BCUT2D eigenvalue weighted by atomic mass is 10.1. The van der Waals surface area contributed by atoms with E-state index in [0.717, 1.165) is 11.3 Å². The number of rotatable bonds is 10. The average Bonchev–Trinajstić information content (AvgIpc) is 3.38. The van der Waals surface area contributed by atoms with Gasteiger partial charge >= 0.3 is 5.97 Å². The van der Waals surface area contributed by atoms with Crippen molar-refractivity contribution < 1.29 is 19.5 Å². The van der Waals surface area contributed by atoms with Gasteiger partial charge in [-0.2, -0.15) is 11.8 Å². The normalized spacial score (nSPS) is 15.9. The first-order valence-corrected chi connectivity index (χ1v) is 9.69. The van der Waals surface area contributed by atoms with Crippen LogP contribution < -0.4 is 10.6 Å². The molecule has 2 amide bonds. The molecule has 1 aliphatic carbocycles. The lowest BCUT2D eigenvalue weighted by molar-refractivity contribution is -0.143. The number of carboxylic acids is 1. The van der Waals surface area contributed by atoms with Crippen LogP contribution in [0.1, 0.15) is 24.8 Å². The molecule has 0 bridgehead atoms. The molecule has 1 aromatic rings. The smallest absolute Gasteiger partial charge is 0.311 e. The molecule has 1 aliphatic rings. The molecule has 7 heteroatoms. The quantitative estimate of drug-likeness (QED) is 0.584. The summed E-state index contributed by atoms with van der Waals surface area (Å²) in [4.78, 5) is 35.8. The fraction of sp³-hybridized carbons (Fsp3) is 0.500. The van der Waals surface area contributed by atoms with Gasteiger partial charge in [0.25, 0.3) is 0 Å². The van der Waals surface area contributed by atoms with Gasteiger partial charge in [0.05, 0.1) is 11.8 Å². The minimum atomic E-state index is -0.874. The molecule has 0 radical (unpaired) electrons. The van der Waals surface area contributed by atoms with E-state index in [4.69, 9.17) is 0 Å². The number of hydrogen-bond donors (Lipinski definition) is 3. The van der Waals surface area contributed by atoms with Crippen LogP contribution in [0.5, 0.6) is 0 Å². The van der Waals surface area contributed by atoms with E-state index in [1.807, 2.05) is 36.6 Å². The van der Waals surface area contributed by atoms with E-state index in [9.17, 15) is 19.5 Å². The van der Waals surface area contributed by atoms with Gasteiger partial charge in [-0.05, 0) is 36.8 Å². The van der Waals surface area contributed by atoms with Gasteiger partial charge in [-0.3, -0.25) is 14.4 Å². The molecule has 0 heterocycles. The molecular weight excluding hydrogens is 340 g/mol. The molecule has 0 aromatic heterocycles. The molecule has 1 aromatic carbocycles. The lowest BCUT2D eigenvalue weighted by Gasteiger charge is -2.19. The van der Waals surface area contributed by atoms with Crippen molar-refractivity contribution in [2.75, 3.05) is 18.6 Å². The van der Waals surface area contributed by atoms with E-state index in [1.165, 1.54) is 0 Å². The predicted molar refractivity (Wildman–Crippen MR) is 97.4 cm³/mol. The van der Waals surface area contributed by atoms with Crippen molar-refractivity contribution in [3.63, 3.8) is 0 Å². The Morgan fingerprint density at radius 3 is 2.48 bits per heavy atom. The van der Waals surface area contributed by atoms with E-state index < -0.39 is 17.4 Å². The molecule has 1 unspecified atom stereocenters. The van der Waals surface area contributed by atoms with Gasteiger partial charge < -0.3 is 15.7 Å². The van der Waals surface area contributed by atoms with E-state index >= 15 is 0 Å². The van der Waals surface area contributed by atoms with Crippen LogP contribution in [0.15, 0.2) is 30.3 Å². The van der Waals surface area contributed by atoms with Crippen LogP contribution in [-0.2, 0) is 20.8 Å². The number of benzene rings is 1. The Kier molecular flexibility index (Phi) is 6.87. The van der Waals surface area contributed by atoms with Crippen molar-refractivity contribution in [3.05, 3.63) is 35.9 Å². The van der Waals surface area contributed by atoms with Crippen LogP contribution in [0.2, 0.25) is 0 Å². The molecule has 25 heavy (non-hydrogen) atoms. The van der Waals surface area contributed by atoms with Gasteiger partial charge in [0, 0.05) is 6.54 Å². The summed E-state index contributed by atoms with van der Waals surface area (Å²) in [5.74, 6) is -0.676. The van der Waals surface area contributed by atoms with Crippen molar-refractivity contribution in [1.82, 2.24) is 10.6 Å². The van der Waals surface area contributed by atoms with Gasteiger partial charge in [-0.25, -0.2) is 0 Å². The van der Waals surface area contributed by atoms with Crippen molar-refractivity contribution in [1.29, 1.82) is 0 Å². The Hall–Kier alpha value is -2.02. The van der Waals surface area contributed by atoms with Crippen LogP contribution in [0.3, 0.4) is 0 Å². The maximum Gasteiger partial charge on any atom is 0.311 e. The molecule has 1 atom stereocenters. The Morgan fingerprint density at radius 1 is 1.24 bits per heavy atom. The third-order valence-corrected chi connectivity index (χ3v) is 5.02. The van der Waals surface area contributed by atoms with E-state index in [1.54, 1.807) is 11.8 Å². The zero-order chi connectivity index (χ0) is 18.3. The van der Waals surface area contributed by atoms with Gasteiger partial charge in [-0.15, -0.1) is 0 Å². The topological polar surface area (TPSA) is 95.5 Å². The Morgan fingerprint density at radius 2 is 1.92 bits per heavy atom. The third kappa shape index (κ3) is 5.77. The summed E-state index contributed by atoms with van der Waals surface area (Å²) in [6, 6.07) is 8.68. The summed E-state index contributed by atoms with van der Waals surface area (Å²) in [6.45, 7) is 0.117. The van der Waals surface area contributed by atoms with E-state index in [2.05, 4.69) is 10.6 Å². The maximum absolute atomic E-state index is 12.4. The lowest BCUT2D eigenvalue weighted by Crippen LogP contribution is -2.49. The number of carbonyl (C=O) groups excluding carboxylic acids is 2. The number of carboxylic acid groups (broad SMARTS) is 1. The number of thioether (sulfide) groups is 1. The first-order chi connectivity index (χ1) is 12.0. The average molecular weight is 364 g/mol. The molecular formula is C18H24N2O4S. The summed E-state index contributed by atoms with van der Waals surface area (Å²) in [6.07, 6.45) is 3.82. The maximum atomic E-state index is 12.4. The fourth-order valence-electron chi connectivity index (χ4n) is 2.53. The van der Waals surface area contributed by atoms with E-state index in [0.29, 0.717) is 19.3 Å². The first kappa shape index (κ1) is 19.3. The molecule has 1 fully saturated rings. The predicted octanol–water partition coefficient (Wildman–Crippen LogP) is 1.45. The molecule has 136 valence electrons. The Labute approximate surface area is 151 Å². The van der Waals surface area contributed by atoms with Crippen LogP contribution in [0.4, 0.5) is 0 Å². The Balaban J connectivity index is 1.89. The monoisotopic (exact) mass is 364 g/mol. The summed E-state index contributed by atoms with van der Waals surface area (Å²) in [7, 11) is 0. The van der Waals surface area contributed by atoms with Crippen molar-refractivity contribution in [2.24, 2.45) is 5.41 Å². The first-order valence-electron chi connectivity index (χ1n) is 8.30. The zero-order valence-corrected chi connectivity index (χ0v) is 15.1. The highest BCUT2D eigenvalue weighted by molar-refractivity contribution is 7.98. The van der Waals surface area contributed by atoms with Gasteiger partial charge in [0.15, 0.2) is 0 Å². The second-order valence-corrected chi connectivity index (χ2v) is 7.35. The van der Waals surface area contributed by atoms with Crippen molar-refractivity contribution >= 4 is 29.5 Å². The molecule has 6 nitrogen and oxygen atoms in total. The highest BCUT2D eigenvalue weighted by Gasteiger charge is 2.50. The minimum absolute atomic E-state index is 0.117. The second-order valence-electron chi connectivity index (χ2n) is 6.37. The largest absolute Gasteiger partial charge is 0.481 e. The third-order valence-electron chi connectivity index (χ3n) is 4.38. The molecule has 0 aliphatic heterocycles. The highest BCUT2D eigenvalue weighted by Crippen LogP contribution is 2.45. The SMILES string of the molecule is CSCCC(NC(=O)Cc1ccccc1)C(=O)NCC1(C(=O)O)CC1. The summed E-state index contributed by atoms with van der Waals surface area (Å²) >= 11 is 1.59. The second kappa shape index (κ2) is 8.89. The van der Waals surface area contributed by atoms with Crippen molar-refractivity contribution in [2.45, 2.75) is 31.7 Å². The van der Waals surface area contributed by atoms with Gasteiger partial charge in [0.1, 0.15) is 6.04 Å². The fourth-order valence-corrected chi connectivity index (χ4v) is 3.00.